The summed E-state index contributed by atoms with van der Waals surface area (Å²) in [6.45, 7) is 6.99. The maximum atomic E-state index is 13.4. The standard InChI is InChI=1S/C26H41N3O2/c1-26(2,3)17-24(30)29(22-12-7-6-8-13-22)18-20-16-21(14-15-23(20)28(4)5)27-25(31)19-10-9-11-19/h14-16,19,22H,6-13,17-18H2,1-5H3,(H,27,31). The predicted molar refractivity (Wildman–Crippen MR) is 128 cm³/mol. The smallest absolute Gasteiger partial charge is 0.227 e. The molecule has 3 rings (SSSR count). The Morgan fingerprint density at radius 3 is 2.23 bits per heavy atom. The van der Waals surface area contributed by atoms with Crippen LogP contribution in [0.2, 0.25) is 0 Å². The molecule has 0 bridgehead atoms. The van der Waals surface area contributed by atoms with Gasteiger partial charge in [-0.15, -0.1) is 0 Å². The minimum Gasteiger partial charge on any atom is -0.377 e. The van der Waals surface area contributed by atoms with Crippen molar-refractivity contribution in [2.24, 2.45) is 11.3 Å². The topological polar surface area (TPSA) is 52.7 Å². The van der Waals surface area contributed by atoms with Gasteiger partial charge in [-0.2, -0.15) is 0 Å². The van der Waals surface area contributed by atoms with E-state index in [4.69, 9.17) is 0 Å². The van der Waals surface area contributed by atoms with Crippen molar-refractivity contribution in [1.29, 1.82) is 0 Å². The molecule has 0 radical (unpaired) electrons. The van der Waals surface area contributed by atoms with E-state index in [1.165, 1.54) is 19.3 Å². The van der Waals surface area contributed by atoms with Crippen LogP contribution in [0.15, 0.2) is 18.2 Å². The minimum atomic E-state index is -0.0347. The molecular formula is C26H41N3O2. The molecule has 0 spiro atoms. The van der Waals surface area contributed by atoms with Crippen LogP contribution in [0.25, 0.3) is 0 Å². The monoisotopic (exact) mass is 427 g/mol. The van der Waals surface area contributed by atoms with Gasteiger partial charge in [0.25, 0.3) is 0 Å². The first kappa shape index (κ1) is 23.6. The Hall–Kier alpha value is -2.04. The molecule has 2 fully saturated rings. The third-order valence-electron chi connectivity index (χ3n) is 6.66. The molecule has 172 valence electrons. The van der Waals surface area contributed by atoms with Crippen molar-refractivity contribution >= 4 is 23.2 Å². The van der Waals surface area contributed by atoms with Crippen molar-refractivity contribution in [2.45, 2.75) is 91.1 Å². The number of nitrogens with one attached hydrogen (secondary N) is 1. The molecule has 0 unspecified atom stereocenters. The maximum Gasteiger partial charge on any atom is 0.227 e. The molecule has 2 amide bonds. The summed E-state index contributed by atoms with van der Waals surface area (Å²) in [5.41, 5.74) is 3.01. The lowest BCUT2D eigenvalue weighted by Gasteiger charge is -2.37. The van der Waals surface area contributed by atoms with E-state index < -0.39 is 0 Å². The Kier molecular flexibility index (Phi) is 7.66. The van der Waals surface area contributed by atoms with Crippen LogP contribution >= 0.6 is 0 Å². The number of hydrogen-bond donors (Lipinski definition) is 1. The van der Waals surface area contributed by atoms with Gasteiger partial charge in [0.05, 0.1) is 0 Å². The fraction of sp³-hybridized carbons (Fsp3) is 0.692. The first-order valence-corrected chi connectivity index (χ1v) is 12.0. The lowest BCUT2D eigenvalue weighted by molar-refractivity contribution is -0.137. The summed E-state index contributed by atoms with van der Waals surface area (Å²) in [6, 6.07) is 6.44. The molecule has 0 heterocycles. The highest BCUT2D eigenvalue weighted by atomic mass is 16.2. The van der Waals surface area contributed by atoms with Crippen LogP contribution < -0.4 is 10.2 Å². The van der Waals surface area contributed by atoms with E-state index in [0.29, 0.717) is 19.0 Å². The Morgan fingerprint density at radius 2 is 1.68 bits per heavy atom. The quantitative estimate of drug-likeness (QED) is 0.617. The fourth-order valence-electron chi connectivity index (χ4n) is 4.69. The van der Waals surface area contributed by atoms with Crippen molar-refractivity contribution < 1.29 is 9.59 Å². The number of carbonyl (C=O) groups is 2. The Balaban J connectivity index is 1.85. The summed E-state index contributed by atoms with van der Waals surface area (Å²) >= 11 is 0. The number of carbonyl (C=O) groups excluding carboxylic acids is 2. The Bertz CT molecular complexity index is 771. The minimum absolute atomic E-state index is 0.0347. The average Bonchev–Trinajstić information content (AvgIpc) is 2.63. The maximum absolute atomic E-state index is 13.4. The first-order chi connectivity index (χ1) is 14.6. The third-order valence-corrected chi connectivity index (χ3v) is 6.66. The van der Waals surface area contributed by atoms with Crippen LogP contribution in [0.5, 0.6) is 0 Å². The van der Waals surface area contributed by atoms with Gasteiger partial charge in [-0.25, -0.2) is 0 Å². The second-order valence-electron chi connectivity index (χ2n) is 10.9. The molecular weight excluding hydrogens is 386 g/mol. The molecule has 0 saturated heterocycles. The lowest BCUT2D eigenvalue weighted by atomic mass is 9.85. The Labute approximate surface area is 188 Å². The molecule has 2 saturated carbocycles. The van der Waals surface area contributed by atoms with Crippen LogP contribution in [0.3, 0.4) is 0 Å². The van der Waals surface area contributed by atoms with E-state index in [1.54, 1.807) is 0 Å². The zero-order valence-corrected chi connectivity index (χ0v) is 20.2. The molecule has 5 nitrogen and oxygen atoms in total. The molecule has 1 N–H and O–H groups in total. The SMILES string of the molecule is CN(C)c1ccc(NC(=O)C2CCC2)cc1CN(C(=O)CC(C)(C)C)C1CCCCC1. The van der Waals surface area contributed by atoms with Crippen molar-refractivity contribution in [3.05, 3.63) is 23.8 Å². The number of hydrogen-bond acceptors (Lipinski definition) is 3. The zero-order valence-electron chi connectivity index (χ0n) is 20.2. The molecule has 1 aromatic carbocycles. The zero-order chi connectivity index (χ0) is 22.6. The number of rotatable bonds is 7. The van der Waals surface area contributed by atoms with Crippen molar-refractivity contribution in [2.75, 3.05) is 24.3 Å². The van der Waals surface area contributed by atoms with E-state index in [9.17, 15) is 9.59 Å². The summed E-state index contributed by atoms with van der Waals surface area (Å²) in [5, 5.41) is 3.11. The molecule has 0 aliphatic heterocycles. The van der Waals surface area contributed by atoms with Gasteiger partial charge in [-0.3, -0.25) is 9.59 Å². The van der Waals surface area contributed by atoms with Crippen molar-refractivity contribution in [1.82, 2.24) is 4.90 Å². The van der Waals surface area contributed by atoms with Crippen LogP contribution in [0, 0.1) is 11.3 Å². The average molecular weight is 428 g/mol. The summed E-state index contributed by atoms with van der Waals surface area (Å²) in [5.74, 6) is 0.528. The highest BCUT2D eigenvalue weighted by Gasteiger charge is 2.29. The summed E-state index contributed by atoms with van der Waals surface area (Å²) in [7, 11) is 4.07. The number of benzene rings is 1. The van der Waals surface area contributed by atoms with E-state index in [0.717, 1.165) is 49.0 Å². The highest BCUT2D eigenvalue weighted by Crippen LogP contribution is 2.32. The van der Waals surface area contributed by atoms with Gasteiger partial charge in [0.15, 0.2) is 0 Å². The fourth-order valence-corrected chi connectivity index (χ4v) is 4.69. The molecule has 2 aliphatic rings. The van der Waals surface area contributed by atoms with E-state index in [1.807, 2.05) is 20.2 Å². The van der Waals surface area contributed by atoms with Gasteiger partial charge in [-0.1, -0.05) is 46.5 Å². The second kappa shape index (κ2) is 10.1. The summed E-state index contributed by atoms with van der Waals surface area (Å²) in [4.78, 5) is 30.1. The number of amides is 2. The van der Waals surface area contributed by atoms with Crippen LogP contribution in [0.1, 0.15) is 84.1 Å². The predicted octanol–water partition coefficient (Wildman–Crippen LogP) is 5.59. The van der Waals surface area contributed by atoms with Crippen LogP contribution in [-0.2, 0) is 16.1 Å². The normalized spacial score (nSPS) is 17.7. The highest BCUT2D eigenvalue weighted by molar-refractivity contribution is 5.93. The van der Waals surface area contributed by atoms with Gasteiger partial charge in [0.2, 0.25) is 11.8 Å². The van der Waals surface area contributed by atoms with Gasteiger partial charge in [0, 0.05) is 50.4 Å². The molecule has 0 atom stereocenters. The summed E-state index contributed by atoms with van der Waals surface area (Å²) < 4.78 is 0. The van der Waals surface area contributed by atoms with Crippen molar-refractivity contribution in [3.63, 3.8) is 0 Å². The van der Waals surface area contributed by atoms with Crippen molar-refractivity contribution in [3.8, 4) is 0 Å². The number of nitrogens with zero attached hydrogens (tertiary/aromatic N) is 2. The molecule has 31 heavy (non-hydrogen) atoms. The van der Waals surface area contributed by atoms with Crippen LogP contribution in [0.4, 0.5) is 11.4 Å². The Morgan fingerprint density at radius 1 is 1.00 bits per heavy atom. The second-order valence-corrected chi connectivity index (χ2v) is 10.9. The number of anilines is 2. The van der Waals surface area contributed by atoms with E-state index in [-0.39, 0.29) is 23.1 Å². The summed E-state index contributed by atoms with van der Waals surface area (Å²) in [6.07, 6.45) is 9.52. The van der Waals surface area contributed by atoms with E-state index in [2.05, 4.69) is 48.0 Å². The molecule has 0 aromatic heterocycles. The third kappa shape index (κ3) is 6.47. The first-order valence-electron chi connectivity index (χ1n) is 12.0. The van der Waals surface area contributed by atoms with Gasteiger partial charge < -0.3 is 15.1 Å². The van der Waals surface area contributed by atoms with Crippen LogP contribution in [-0.4, -0.2) is 36.9 Å². The molecule has 5 heteroatoms. The van der Waals surface area contributed by atoms with Gasteiger partial charge in [0.1, 0.15) is 0 Å². The van der Waals surface area contributed by atoms with E-state index >= 15 is 0 Å². The molecule has 2 aliphatic carbocycles. The largest absolute Gasteiger partial charge is 0.377 e. The van der Waals surface area contributed by atoms with Gasteiger partial charge >= 0.3 is 0 Å². The van der Waals surface area contributed by atoms with Gasteiger partial charge in [-0.05, 0) is 54.9 Å². The molecule has 1 aromatic rings. The lowest BCUT2D eigenvalue weighted by Crippen LogP contribution is -2.42.